The zero-order valence-corrected chi connectivity index (χ0v) is 13.7. The molecule has 1 heterocycles. The van der Waals surface area contributed by atoms with Crippen LogP contribution in [-0.4, -0.2) is 25.8 Å². The lowest BCUT2D eigenvalue weighted by atomic mass is 9.95. The molecule has 116 valence electrons. The fourth-order valence-electron chi connectivity index (χ4n) is 3.02. The van der Waals surface area contributed by atoms with Crippen LogP contribution in [0.1, 0.15) is 24.8 Å². The standard InChI is InChI=1S/C18H21NO2S/c1-14-7-9-17(10-8-14)22(20,21)19-12-11-18-15(2)5-3-4-6-16(18)13-19/h4,6-10H,2-3,5,11-13H2,1H3. The average molecular weight is 315 g/mol. The molecule has 0 amide bonds. The van der Waals surface area contributed by atoms with E-state index < -0.39 is 10.0 Å². The third-order valence-corrected chi connectivity index (χ3v) is 6.22. The third kappa shape index (κ3) is 2.81. The smallest absolute Gasteiger partial charge is 0.207 e. The maximum absolute atomic E-state index is 12.8. The molecule has 0 fully saturated rings. The molecule has 1 aromatic carbocycles. The number of hydrogen-bond acceptors (Lipinski definition) is 2. The second-order valence-corrected chi connectivity index (χ2v) is 7.89. The second kappa shape index (κ2) is 5.86. The Morgan fingerprint density at radius 1 is 1.14 bits per heavy atom. The molecular formula is C18H21NO2S. The molecule has 22 heavy (non-hydrogen) atoms. The Hall–Kier alpha value is -1.65. The molecule has 1 aromatic rings. The summed E-state index contributed by atoms with van der Waals surface area (Å²) in [7, 11) is -3.42. The van der Waals surface area contributed by atoms with Crippen LogP contribution in [0.15, 0.2) is 64.6 Å². The van der Waals surface area contributed by atoms with Gasteiger partial charge in [-0.1, -0.05) is 42.0 Å². The Balaban J connectivity index is 1.91. The third-order valence-electron chi connectivity index (χ3n) is 4.36. The van der Waals surface area contributed by atoms with E-state index in [9.17, 15) is 8.42 Å². The Labute approximate surface area is 132 Å². The van der Waals surface area contributed by atoms with Gasteiger partial charge in [0.2, 0.25) is 10.0 Å². The molecule has 0 atom stereocenters. The van der Waals surface area contributed by atoms with Gasteiger partial charge in [-0.25, -0.2) is 8.42 Å². The van der Waals surface area contributed by atoms with Crippen molar-refractivity contribution in [2.75, 3.05) is 13.1 Å². The zero-order valence-electron chi connectivity index (χ0n) is 12.9. The first-order valence-corrected chi connectivity index (χ1v) is 9.06. The summed E-state index contributed by atoms with van der Waals surface area (Å²) in [6.07, 6.45) is 6.90. The summed E-state index contributed by atoms with van der Waals surface area (Å²) in [6.45, 7) is 7.08. The predicted molar refractivity (Wildman–Crippen MR) is 89.1 cm³/mol. The van der Waals surface area contributed by atoms with Crippen LogP contribution in [0.5, 0.6) is 0 Å². The first kappa shape index (κ1) is 15.3. The molecule has 3 rings (SSSR count). The molecule has 1 aliphatic heterocycles. The SMILES string of the molecule is C=C1CCC=CC2=C1CCN(S(=O)(=O)c1ccc(C)cc1)C2. The van der Waals surface area contributed by atoms with Crippen molar-refractivity contribution in [3.8, 4) is 0 Å². The maximum Gasteiger partial charge on any atom is 0.243 e. The zero-order chi connectivity index (χ0) is 15.7. The van der Waals surface area contributed by atoms with Gasteiger partial charge in [0.05, 0.1) is 4.90 Å². The lowest BCUT2D eigenvalue weighted by molar-refractivity contribution is 0.425. The summed E-state index contributed by atoms with van der Waals surface area (Å²) in [6, 6.07) is 7.07. The van der Waals surface area contributed by atoms with E-state index in [0.29, 0.717) is 18.0 Å². The Kier molecular flexibility index (Phi) is 4.06. The van der Waals surface area contributed by atoms with E-state index in [4.69, 9.17) is 0 Å². The number of aryl methyl sites for hydroxylation is 1. The topological polar surface area (TPSA) is 37.4 Å². The number of nitrogens with zero attached hydrogens (tertiary/aromatic N) is 1. The highest BCUT2D eigenvalue weighted by Crippen LogP contribution is 2.32. The molecular weight excluding hydrogens is 294 g/mol. The predicted octanol–water partition coefficient (Wildman–Crippen LogP) is 3.59. The highest BCUT2D eigenvalue weighted by atomic mass is 32.2. The minimum Gasteiger partial charge on any atom is -0.207 e. The van der Waals surface area contributed by atoms with Gasteiger partial charge in [-0.2, -0.15) is 4.31 Å². The van der Waals surface area contributed by atoms with Crippen LogP contribution in [0, 0.1) is 6.92 Å². The Morgan fingerprint density at radius 2 is 1.86 bits per heavy atom. The van der Waals surface area contributed by atoms with Crippen molar-refractivity contribution in [3.63, 3.8) is 0 Å². The Morgan fingerprint density at radius 3 is 2.59 bits per heavy atom. The molecule has 1 aliphatic carbocycles. The molecule has 0 radical (unpaired) electrons. The fraction of sp³-hybridized carbons (Fsp3) is 0.333. The first-order valence-electron chi connectivity index (χ1n) is 7.62. The van der Waals surface area contributed by atoms with E-state index >= 15 is 0 Å². The largest absolute Gasteiger partial charge is 0.243 e. The fourth-order valence-corrected chi connectivity index (χ4v) is 4.44. The van der Waals surface area contributed by atoms with E-state index in [2.05, 4.69) is 18.7 Å². The summed E-state index contributed by atoms with van der Waals surface area (Å²) in [4.78, 5) is 0.374. The average Bonchev–Trinajstić information content (AvgIpc) is 2.69. The summed E-state index contributed by atoms with van der Waals surface area (Å²) < 4.78 is 27.2. The van der Waals surface area contributed by atoms with Gasteiger partial charge in [0.25, 0.3) is 0 Å². The van der Waals surface area contributed by atoms with E-state index in [1.165, 1.54) is 5.57 Å². The lowest BCUT2D eigenvalue weighted by Crippen LogP contribution is -2.37. The van der Waals surface area contributed by atoms with E-state index in [-0.39, 0.29) is 0 Å². The lowest BCUT2D eigenvalue weighted by Gasteiger charge is -2.29. The van der Waals surface area contributed by atoms with Crippen molar-refractivity contribution >= 4 is 10.0 Å². The molecule has 2 aliphatic rings. The van der Waals surface area contributed by atoms with Gasteiger partial charge in [-0.3, -0.25) is 0 Å². The van der Waals surface area contributed by atoms with Gasteiger partial charge in [-0.05, 0) is 49.5 Å². The Bertz CT molecular complexity index is 755. The van der Waals surface area contributed by atoms with Crippen molar-refractivity contribution in [1.29, 1.82) is 0 Å². The summed E-state index contributed by atoms with van der Waals surface area (Å²) in [5, 5.41) is 0. The molecule has 3 nitrogen and oxygen atoms in total. The minimum atomic E-state index is -3.42. The number of rotatable bonds is 2. The maximum atomic E-state index is 12.8. The van der Waals surface area contributed by atoms with Crippen LogP contribution in [-0.2, 0) is 10.0 Å². The molecule has 0 saturated carbocycles. The van der Waals surface area contributed by atoms with Crippen molar-refractivity contribution in [1.82, 2.24) is 4.31 Å². The number of hydrogen-bond donors (Lipinski definition) is 0. The summed E-state index contributed by atoms with van der Waals surface area (Å²) in [5.74, 6) is 0. The summed E-state index contributed by atoms with van der Waals surface area (Å²) in [5.41, 5.74) is 4.58. The van der Waals surface area contributed by atoms with Crippen LogP contribution in [0.25, 0.3) is 0 Å². The molecule has 4 heteroatoms. The van der Waals surface area contributed by atoms with Crippen molar-refractivity contribution in [2.45, 2.75) is 31.1 Å². The van der Waals surface area contributed by atoms with Crippen LogP contribution in [0.4, 0.5) is 0 Å². The van der Waals surface area contributed by atoms with Gasteiger partial charge in [0.1, 0.15) is 0 Å². The van der Waals surface area contributed by atoms with Gasteiger partial charge in [0.15, 0.2) is 0 Å². The van der Waals surface area contributed by atoms with Gasteiger partial charge in [-0.15, -0.1) is 0 Å². The molecule has 0 aromatic heterocycles. The van der Waals surface area contributed by atoms with Gasteiger partial charge < -0.3 is 0 Å². The monoisotopic (exact) mass is 315 g/mol. The molecule has 0 bridgehead atoms. The van der Waals surface area contributed by atoms with E-state index in [1.807, 2.05) is 19.1 Å². The second-order valence-electron chi connectivity index (χ2n) is 5.95. The van der Waals surface area contributed by atoms with Crippen LogP contribution >= 0.6 is 0 Å². The molecule has 0 saturated heterocycles. The normalized spacial score (nSPS) is 20.0. The highest BCUT2D eigenvalue weighted by Gasteiger charge is 2.29. The van der Waals surface area contributed by atoms with Crippen molar-refractivity contribution in [2.24, 2.45) is 0 Å². The van der Waals surface area contributed by atoms with Crippen LogP contribution in [0.2, 0.25) is 0 Å². The highest BCUT2D eigenvalue weighted by molar-refractivity contribution is 7.89. The van der Waals surface area contributed by atoms with E-state index in [1.54, 1.807) is 16.4 Å². The van der Waals surface area contributed by atoms with E-state index in [0.717, 1.165) is 36.0 Å². The molecule has 0 spiro atoms. The quantitative estimate of drug-likeness (QED) is 0.836. The number of allylic oxidation sites excluding steroid dienone is 2. The summed E-state index contributed by atoms with van der Waals surface area (Å²) >= 11 is 0. The number of sulfonamides is 1. The van der Waals surface area contributed by atoms with Gasteiger partial charge >= 0.3 is 0 Å². The van der Waals surface area contributed by atoms with Crippen LogP contribution in [0.3, 0.4) is 0 Å². The van der Waals surface area contributed by atoms with Crippen molar-refractivity contribution in [3.05, 3.63) is 65.3 Å². The van der Waals surface area contributed by atoms with Gasteiger partial charge in [0, 0.05) is 13.1 Å². The number of benzene rings is 1. The minimum absolute atomic E-state index is 0.374. The molecule has 0 N–H and O–H groups in total. The van der Waals surface area contributed by atoms with Crippen molar-refractivity contribution < 1.29 is 8.42 Å². The molecule has 0 unspecified atom stereocenters. The first-order chi connectivity index (χ1) is 10.5. The van der Waals surface area contributed by atoms with Crippen LogP contribution < -0.4 is 0 Å².